The monoisotopic (exact) mass is 448 g/mol. The molecule has 2 aromatic carbocycles. The molecule has 8 heteroatoms. The van der Waals surface area contributed by atoms with Gasteiger partial charge in [0.1, 0.15) is 0 Å². The second kappa shape index (κ2) is 11.1. The van der Waals surface area contributed by atoms with E-state index in [1.807, 2.05) is 31.2 Å². The third kappa shape index (κ3) is 7.03. The Morgan fingerprint density at radius 2 is 1.86 bits per heavy atom. The smallest absolute Gasteiger partial charge is 0.343 e. The van der Waals surface area contributed by atoms with Gasteiger partial charge < -0.3 is 14.2 Å². The first kappa shape index (κ1) is 21.4. The molecule has 0 radical (unpaired) electrons. The van der Waals surface area contributed by atoms with E-state index in [0.29, 0.717) is 23.7 Å². The van der Waals surface area contributed by atoms with E-state index in [1.165, 1.54) is 13.3 Å². The molecule has 0 bridgehead atoms. The minimum absolute atomic E-state index is 0.212. The van der Waals surface area contributed by atoms with Crippen LogP contribution in [0.25, 0.3) is 0 Å². The molecule has 28 heavy (non-hydrogen) atoms. The van der Waals surface area contributed by atoms with Crippen LogP contribution in [0.3, 0.4) is 0 Å². The summed E-state index contributed by atoms with van der Waals surface area (Å²) >= 11 is 3.36. The summed E-state index contributed by atoms with van der Waals surface area (Å²) < 4.78 is 16.4. The van der Waals surface area contributed by atoms with Crippen molar-refractivity contribution in [1.82, 2.24) is 5.43 Å². The van der Waals surface area contributed by atoms with Gasteiger partial charge in [-0.1, -0.05) is 28.1 Å². The van der Waals surface area contributed by atoms with E-state index in [1.54, 1.807) is 18.2 Å². The van der Waals surface area contributed by atoms with Crippen LogP contribution in [0.15, 0.2) is 52.0 Å². The standard InChI is InChI=1S/C20H21BrN2O5/c1-3-27-18-10-15(6-9-17(18)28-13-20(25)26-2)12-22-23-19(24)11-14-4-7-16(21)8-5-14/h4-10,12H,3,11,13H2,1-2H3,(H,23,24)/b22-12-. The second-order valence-electron chi connectivity index (χ2n) is 5.60. The van der Waals surface area contributed by atoms with Gasteiger partial charge in [-0.2, -0.15) is 5.10 Å². The lowest BCUT2D eigenvalue weighted by atomic mass is 10.1. The molecule has 0 saturated carbocycles. The molecule has 0 spiro atoms. The van der Waals surface area contributed by atoms with Gasteiger partial charge in [0, 0.05) is 4.47 Å². The molecule has 148 valence electrons. The summed E-state index contributed by atoms with van der Waals surface area (Å²) in [5.41, 5.74) is 4.09. The molecular weight excluding hydrogens is 428 g/mol. The second-order valence-corrected chi connectivity index (χ2v) is 6.52. The third-order valence-corrected chi connectivity index (χ3v) is 4.05. The Morgan fingerprint density at radius 1 is 1.11 bits per heavy atom. The summed E-state index contributed by atoms with van der Waals surface area (Å²) in [7, 11) is 1.29. The Balaban J connectivity index is 1.96. The van der Waals surface area contributed by atoms with Crippen LogP contribution in [0.2, 0.25) is 0 Å². The molecule has 0 unspecified atom stereocenters. The number of amides is 1. The van der Waals surface area contributed by atoms with Crippen LogP contribution in [0.1, 0.15) is 18.1 Å². The fraction of sp³-hybridized carbons (Fsp3) is 0.250. The first-order chi connectivity index (χ1) is 13.5. The molecule has 0 heterocycles. The van der Waals surface area contributed by atoms with Crippen molar-refractivity contribution in [2.45, 2.75) is 13.3 Å². The van der Waals surface area contributed by atoms with E-state index >= 15 is 0 Å². The minimum Gasteiger partial charge on any atom is -0.490 e. The third-order valence-electron chi connectivity index (χ3n) is 3.52. The number of carbonyl (C=O) groups is 2. The number of hydrogen-bond acceptors (Lipinski definition) is 6. The van der Waals surface area contributed by atoms with Crippen molar-refractivity contribution in [3.63, 3.8) is 0 Å². The van der Waals surface area contributed by atoms with Gasteiger partial charge in [0.05, 0.1) is 26.4 Å². The molecule has 1 amide bonds. The first-order valence-corrected chi connectivity index (χ1v) is 9.34. The van der Waals surface area contributed by atoms with E-state index in [4.69, 9.17) is 9.47 Å². The highest BCUT2D eigenvalue weighted by Gasteiger charge is 2.09. The highest BCUT2D eigenvalue weighted by Crippen LogP contribution is 2.28. The number of ether oxygens (including phenoxy) is 3. The molecule has 0 fully saturated rings. The van der Waals surface area contributed by atoms with Crippen molar-refractivity contribution in [3.8, 4) is 11.5 Å². The van der Waals surface area contributed by atoms with Gasteiger partial charge in [0.15, 0.2) is 18.1 Å². The Labute approximate surface area is 171 Å². The van der Waals surface area contributed by atoms with Crippen LogP contribution in [-0.4, -0.2) is 38.4 Å². The fourth-order valence-electron chi connectivity index (χ4n) is 2.19. The normalized spacial score (nSPS) is 10.5. The molecule has 0 aliphatic rings. The number of hydrazone groups is 1. The molecule has 7 nitrogen and oxygen atoms in total. The largest absolute Gasteiger partial charge is 0.490 e. The van der Waals surface area contributed by atoms with Gasteiger partial charge in [0.25, 0.3) is 0 Å². The SMILES string of the molecule is CCOc1cc(/C=N\NC(=O)Cc2ccc(Br)cc2)ccc1OCC(=O)OC. The number of carbonyl (C=O) groups excluding carboxylic acids is 2. The van der Waals surface area contributed by atoms with E-state index in [-0.39, 0.29) is 18.9 Å². The van der Waals surface area contributed by atoms with Crippen LogP contribution in [0.4, 0.5) is 0 Å². The number of rotatable bonds is 9. The minimum atomic E-state index is -0.485. The number of nitrogens with zero attached hydrogens (tertiary/aromatic N) is 1. The summed E-state index contributed by atoms with van der Waals surface area (Å²) in [6.45, 7) is 2.06. The lowest BCUT2D eigenvalue weighted by Crippen LogP contribution is -2.19. The lowest BCUT2D eigenvalue weighted by Gasteiger charge is -2.11. The quantitative estimate of drug-likeness (QED) is 0.361. The van der Waals surface area contributed by atoms with Crippen LogP contribution in [0, 0.1) is 0 Å². The summed E-state index contributed by atoms with van der Waals surface area (Å²) in [5, 5.41) is 3.97. The average Bonchev–Trinajstić information content (AvgIpc) is 2.69. The highest BCUT2D eigenvalue weighted by molar-refractivity contribution is 9.10. The molecule has 1 N–H and O–H groups in total. The van der Waals surface area contributed by atoms with Gasteiger partial charge in [0.2, 0.25) is 5.91 Å². The molecule has 2 aromatic rings. The number of halogens is 1. The fourth-order valence-corrected chi connectivity index (χ4v) is 2.46. The van der Waals surface area contributed by atoms with E-state index < -0.39 is 5.97 Å². The van der Waals surface area contributed by atoms with Crippen molar-refractivity contribution in [2.75, 3.05) is 20.3 Å². The molecule has 0 aliphatic carbocycles. The lowest BCUT2D eigenvalue weighted by molar-refractivity contribution is -0.142. The van der Waals surface area contributed by atoms with Crippen LogP contribution < -0.4 is 14.9 Å². The maximum atomic E-state index is 12.0. The Hall–Kier alpha value is -2.87. The Morgan fingerprint density at radius 3 is 2.54 bits per heavy atom. The van der Waals surface area contributed by atoms with Crippen molar-refractivity contribution in [1.29, 1.82) is 0 Å². The number of esters is 1. The average molecular weight is 449 g/mol. The molecule has 0 aromatic heterocycles. The molecule has 0 saturated heterocycles. The van der Waals surface area contributed by atoms with E-state index in [2.05, 4.69) is 31.2 Å². The number of benzene rings is 2. The maximum Gasteiger partial charge on any atom is 0.343 e. The van der Waals surface area contributed by atoms with E-state index in [9.17, 15) is 9.59 Å². The van der Waals surface area contributed by atoms with Crippen LogP contribution >= 0.6 is 15.9 Å². The highest BCUT2D eigenvalue weighted by atomic mass is 79.9. The molecule has 0 aliphatic heterocycles. The molecule has 0 atom stereocenters. The van der Waals surface area contributed by atoms with Crippen molar-refractivity contribution in [3.05, 3.63) is 58.1 Å². The van der Waals surface area contributed by atoms with Crippen molar-refractivity contribution < 1.29 is 23.8 Å². The van der Waals surface area contributed by atoms with Crippen LogP contribution in [0.5, 0.6) is 11.5 Å². The number of methoxy groups -OCH3 is 1. The van der Waals surface area contributed by atoms with Crippen LogP contribution in [-0.2, 0) is 20.7 Å². The van der Waals surface area contributed by atoms with Gasteiger partial charge in [-0.05, 0) is 48.4 Å². The van der Waals surface area contributed by atoms with E-state index in [0.717, 1.165) is 10.0 Å². The predicted molar refractivity (Wildman–Crippen MR) is 109 cm³/mol. The van der Waals surface area contributed by atoms with Gasteiger partial charge in [-0.25, -0.2) is 10.2 Å². The molecular formula is C20H21BrN2O5. The topological polar surface area (TPSA) is 86.2 Å². The summed E-state index contributed by atoms with van der Waals surface area (Å²) in [6.07, 6.45) is 1.74. The summed E-state index contributed by atoms with van der Waals surface area (Å²) in [6, 6.07) is 12.6. The summed E-state index contributed by atoms with van der Waals surface area (Å²) in [5.74, 6) is 0.184. The van der Waals surface area contributed by atoms with Crippen molar-refractivity contribution >= 4 is 34.0 Å². The van der Waals surface area contributed by atoms with Crippen molar-refractivity contribution in [2.24, 2.45) is 5.10 Å². The Bertz CT molecular complexity index is 837. The molecule has 2 rings (SSSR count). The Kier molecular flexibility index (Phi) is 8.48. The van der Waals surface area contributed by atoms with Gasteiger partial charge in [-0.15, -0.1) is 0 Å². The zero-order valence-corrected chi connectivity index (χ0v) is 17.2. The number of hydrogen-bond donors (Lipinski definition) is 1. The van der Waals surface area contributed by atoms with Gasteiger partial charge >= 0.3 is 5.97 Å². The summed E-state index contributed by atoms with van der Waals surface area (Å²) in [4.78, 5) is 23.2. The van der Waals surface area contributed by atoms with Gasteiger partial charge in [-0.3, -0.25) is 4.79 Å². The zero-order valence-electron chi connectivity index (χ0n) is 15.6. The maximum absolute atomic E-state index is 12.0. The zero-order chi connectivity index (χ0) is 20.4. The number of nitrogens with one attached hydrogen (secondary N) is 1. The first-order valence-electron chi connectivity index (χ1n) is 8.54. The predicted octanol–water partition coefficient (Wildman–Crippen LogP) is 3.09.